The van der Waals surface area contributed by atoms with Crippen LogP contribution in [-0.2, 0) is 9.53 Å². The van der Waals surface area contributed by atoms with E-state index in [0.29, 0.717) is 6.42 Å². The normalized spacial score (nSPS) is 36.5. The summed E-state index contributed by atoms with van der Waals surface area (Å²) in [5, 5.41) is 2.92. The van der Waals surface area contributed by atoms with Gasteiger partial charge < -0.3 is 10.1 Å². The minimum atomic E-state index is 0.200. The average Bonchev–Trinajstić information content (AvgIpc) is 2.13. The average molecular weight is 169 g/mol. The van der Waals surface area contributed by atoms with E-state index in [-0.39, 0.29) is 11.3 Å². The first kappa shape index (κ1) is 8.05. The van der Waals surface area contributed by atoms with Crippen LogP contribution < -0.4 is 5.32 Å². The van der Waals surface area contributed by atoms with E-state index >= 15 is 0 Å². The van der Waals surface area contributed by atoms with Crippen molar-refractivity contribution in [1.29, 1.82) is 0 Å². The second-order valence-electron chi connectivity index (χ2n) is 3.93. The SMILES string of the molecule is O=C1CCC2(CCCOC2)CN1. The van der Waals surface area contributed by atoms with E-state index in [1.54, 1.807) is 0 Å². The number of amides is 1. The molecule has 0 aromatic heterocycles. The Morgan fingerprint density at radius 3 is 2.92 bits per heavy atom. The zero-order chi connectivity index (χ0) is 8.44. The second kappa shape index (κ2) is 3.05. The lowest BCUT2D eigenvalue weighted by Crippen LogP contribution is -2.47. The molecule has 1 amide bonds. The standard InChI is InChI=1S/C9H15NO2/c11-8-2-4-9(6-10-8)3-1-5-12-7-9/h1-7H2,(H,10,11). The number of rotatable bonds is 0. The van der Waals surface area contributed by atoms with Crippen LogP contribution in [0.1, 0.15) is 25.7 Å². The summed E-state index contributed by atoms with van der Waals surface area (Å²) < 4.78 is 5.45. The first-order valence-electron chi connectivity index (χ1n) is 4.65. The van der Waals surface area contributed by atoms with Gasteiger partial charge in [0.15, 0.2) is 0 Å². The van der Waals surface area contributed by atoms with E-state index in [0.717, 1.165) is 32.6 Å². The molecule has 2 saturated heterocycles. The van der Waals surface area contributed by atoms with Crippen molar-refractivity contribution in [1.82, 2.24) is 5.32 Å². The molecular weight excluding hydrogens is 154 g/mol. The van der Waals surface area contributed by atoms with E-state index in [2.05, 4.69) is 5.32 Å². The third kappa shape index (κ3) is 1.46. The Bertz CT molecular complexity index is 173. The van der Waals surface area contributed by atoms with E-state index in [9.17, 15) is 4.79 Å². The van der Waals surface area contributed by atoms with Crippen molar-refractivity contribution in [3.63, 3.8) is 0 Å². The van der Waals surface area contributed by atoms with Crippen molar-refractivity contribution >= 4 is 5.91 Å². The molecule has 0 radical (unpaired) electrons. The Hall–Kier alpha value is -0.570. The third-order valence-electron chi connectivity index (χ3n) is 2.95. The minimum absolute atomic E-state index is 0.200. The van der Waals surface area contributed by atoms with Crippen molar-refractivity contribution < 1.29 is 9.53 Å². The molecule has 3 nitrogen and oxygen atoms in total. The Labute approximate surface area is 72.5 Å². The fraction of sp³-hybridized carbons (Fsp3) is 0.889. The molecule has 2 heterocycles. The summed E-state index contributed by atoms with van der Waals surface area (Å²) in [6, 6.07) is 0. The molecule has 2 aliphatic heterocycles. The van der Waals surface area contributed by atoms with Crippen molar-refractivity contribution in [2.24, 2.45) is 5.41 Å². The van der Waals surface area contributed by atoms with E-state index in [4.69, 9.17) is 4.74 Å². The predicted molar refractivity (Wildman–Crippen MR) is 44.7 cm³/mol. The molecule has 1 atom stereocenters. The molecule has 1 spiro atoms. The highest BCUT2D eigenvalue weighted by Gasteiger charge is 2.36. The number of carbonyl (C=O) groups excluding carboxylic acids is 1. The van der Waals surface area contributed by atoms with Crippen LogP contribution in [0.25, 0.3) is 0 Å². The summed E-state index contributed by atoms with van der Waals surface area (Å²) in [4.78, 5) is 10.9. The summed E-state index contributed by atoms with van der Waals surface area (Å²) in [7, 11) is 0. The van der Waals surface area contributed by atoms with Crippen LogP contribution in [0.2, 0.25) is 0 Å². The molecule has 0 bridgehead atoms. The number of carbonyl (C=O) groups is 1. The first-order valence-corrected chi connectivity index (χ1v) is 4.65. The van der Waals surface area contributed by atoms with Crippen molar-refractivity contribution in [3.05, 3.63) is 0 Å². The lowest BCUT2D eigenvalue weighted by atomic mass is 9.76. The zero-order valence-electron chi connectivity index (χ0n) is 7.27. The lowest BCUT2D eigenvalue weighted by molar-refractivity contribution is -0.126. The fourth-order valence-electron chi connectivity index (χ4n) is 2.09. The van der Waals surface area contributed by atoms with Crippen molar-refractivity contribution in [2.45, 2.75) is 25.7 Å². The van der Waals surface area contributed by atoms with Gasteiger partial charge in [-0.3, -0.25) is 4.79 Å². The molecule has 2 rings (SSSR count). The van der Waals surface area contributed by atoms with Gasteiger partial charge in [-0.25, -0.2) is 0 Å². The monoisotopic (exact) mass is 169 g/mol. The predicted octanol–water partition coefficient (Wildman–Crippen LogP) is 0.693. The molecular formula is C9H15NO2. The van der Waals surface area contributed by atoms with Crippen LogP contribution in [-0.4, -0.2) is 25.7 Å². The van der Waals surface area contributed by atoms with Gasteiger partial charge in [0, 0.05) is 25.0 Å². The van der Waals surface area contributed by atoms with E-state index < -0.39 is 0 Å². The van der Waals surface area contributed by atoms with Gasteiger partial charge in [0.05, 0.1) is 6.61 Å². The molecule has 0 saturated carbocycles. The van der Waals surface area contributed by atoms with Crippen LogP contribution in [0, 0.1) is 5.41 Å². The van der Waals surface area contributed by atoms with Crippen LogP contribution in [0.15, 0.2) is 0 Å². The number of piperidine rings is 1. The van der Waals surface area contributed by atoms with Gasteiger partial charge >= 0.3 is 0 Å². The number of hydrogen-bond acceptors (Lipinski definition) is 2. The molecule has 2 fully saturated rings. The third-order valence-corrected chi connectivity index (χ3v) is 2.95. The molecule has 0 aromatic rings. The quantitative estimate of drug-likeness (QED) is 0.579. The number of nitrogens with one attached hydrogen (secondary N) is 1. The zero-order valence-corrected chi connectivity index (χ0v) is 7.27. The molecule has 1 N–H and O–H groups in total. The lowest BCUT2D eigenvalue weighted by Gasteiger charge is -2.39. The minimum Gasteiger partial charge on any atom is -0.381 e. The highest BCUT2D eigenvalue weighted by atomic mass is 16.5. The van der Waals surface area contributed by atoms with E-state index in [1.807, 2.05) is 0 Å². The van der Waals surface area contributed by atoms with Crippen LogP contribution in [0.4, 0.5) is 0 Å². The molecule has 68 valence electrons. The molecule has 3 heteroatoms. The highest BCUT2D eigenvalue weighted by Crippen LogP contribution is 2.34. The summed E-state index contributed by atoms with van der Waals surface area (Å²) >= 11 is 0. The van der Waals surface area contributed by atoms with Crippen molar-refractivity contribution in [2.75, 3.05) is 19.8 Å². The second-order valence-corrected chi connectivity index (χ2v) is 3.93. The topological polar surface area (TPSA) is 38.3 Å². The molecule has 2 aliphatic rings. The van der Waals surface area contributed by atoms with Crippen LogP contribution in [0.5, 0.6) is 0 Å². The Balaban J connectivity index is 1.96. The Kier molecular flexibility index (Phi) is 2.05. The smallest absolute Gasteiger partial charge is 0.220 e. The maximum atomic E-state index is 10.9. The van der Waals surface area contributed by atoms with Gasteiger partial charge in [-0.1, -0.05) is 0 Å². The van der Waals surface area contributed by atoms with Crippen LogP contribution in [0.3, 0.4) is 0 Å². The fourth-order valence-corrected chi connectivity index (χ4v) is 2.09. The number of ether oxygens (including phenoxy) is 1. The largest absolute Gasteiger partial charge is 0.381 e. The molecule has 0 aliphatic carbocycles. The van der Waals surface area contributed by atoms with Gasteiger partial charge in [-0.2, -0.15) is 0 Å². The maximum Gasteiger partial charge on any atom is 0.220 e. The summed E-state index contributed by atoms with van der Waals surface area (Å²) in [5.41, 5.74) is 0.284. The maximum absolute atomic E-state index is 10.9. The van der Waals surface area contributed by atoms with E-state index in [1.165, 1.54) is 6.42 Å². The first-order chi connectivity index (χ1) is 5.81. The molecule has 1 unspecified atom stereocenters. The Morgan fingerprint density at radius 1 is 1.42 bits per heavy atom. The summed E-state index contributed by atoms with van der Waals surface area (Å²) in [6.07, 6.45) is 4.06. The highest BCUT2D eigenvalue weighted by molar-refractivity contribution is 5.76. The van der Waals surface area contributed by atoms with Crippen LogP contribution >= 0.6 is 0 Å². The van der Waals surface area contributed by atoms with Gasteiger partial charge in [-0.05, 0) is 19.3 Å². The summed E-state index contributed by atoms with van der Waals surface area (Å²) in [6.45, 7) is 2.56. The molecule has 12 heavy (non-hydrogen) atoms. The Morgan fingerprint density at radius 2 is 2.33 bits per heavy atom. The molecule has 0 aromatic carbocycles. The van der Waals surface area contributed by atoms with Gasteiger partial charge in [0.25, 0.3) is 0 Å². The summed E-state index contributed by atoms with van der Waals surface area (Å²) in [5.74, 6) is 0.200. The van der Waals surface area contributed by atoms with Gasteiger partial charge in [0.1, 0.15) is 0 Å². The van der Waals surface area contributed by atoms with Gasteiger partial charge in [-0.15, -0.1) is 0 Å². The number of hydrogen-bond donors (Lipinski definition) is 1. The van der Waals surface area contributed by atoms with Crippen molar-refractivity contribution in [3.8, 4) is 0 Å². The van der Waals surface area contributed by atoms with Gasteiger partial charge in [0.2, 0.25) is 5.91 Å².